The number of hydrogen-bond acceptors (Lipinski definition) is 6. The molecule has 62 heavy (non-hydrogen) atoms. The summed E-state index contributed by atoms with van der Waals surface area (Å²) in [6.45, 7) is 4.66. The van der Waals surface area contributed by atoms with Gasteiger partial charge in [-0.2, -0.15) is 8.75 Å². The zero-order valence-corrected chi connectivity index (χ0v) is 34.9. The first kappa shape index (κ1) is 36.2. The average Bonchev–Trinajstić information content (AvgIpc) is 3.91. The zero-order chi connectivity index (χ0) is 41.4. The molecule has 0 N–H and O–H groups in total. The van der Waals surface area contributed by atoms with Gasteiger partial charge in [0.25, 0.3) is 0 Å². The van der Waals surface area contributed by atoms with Crippen LogP contribution < -0.4 is 0 Å². The van der Waals surface area contributed by atoms with Gasteiger partial charge in [-0.05, 0) is 80.9 Å². The maximum absolute atomic E-state index is 5.31. The second kappa shape index (κ2) is 14.2. The summed E-state index contributed by atoms with van der Waals surface area (Å²) in [7, 11) is 0. The van der Waals surface area contributed by atoms with Crippen molar-refractivity contribution in [3.63, 3.8) is 0 Å². The molecule has 292 valence electrons. The van der Waals surface area contributed by atoms with Crippen LogP contribution in [0.4, 0.5) is 0 Å². The fourth-order valence-electron chi connectivity index (χ4n) is 9.37. The first-order valence-corrected chi connectivity index (χ1v) is 21.6. The standard InChI is InChI=1S/C56H37N5S/c1-56(2)46-19-10-9-18-42(46)43-26-24-39(31-47(43)56)34-20-22-35(23-21-34)49-33-50(59-55(58-49)37-14-7-4-8-15-37)41-17-11-16-38(30-41)40-25-27-44-51(32-40)57-53(36-12-5-3-6-13-36)45-28-29-48-54(52(44)45)61-62-60-48/h3-33H,1-2H3. The van der Waals surface area contributed by atoms with Gasteiger partial charge in [0.15, 0.2) is 5.82 Å². The Kier molecular flexibility index (Phi) is 8.31. The molecule has 11 aromatic rings. The van der Waals surface area contributed by atoms with Crippen LogP contribution in [0.25, 0.3) is 111 Å². The Morgan fingerprint density at radius 2 is 1.00 bits per heavy atom. The minimum atomic E-state index is -0.0525. The van der Waals surface area contributed by atoms with E-state index in [-0.39, 0.29) is 5.41 Å². The molecule has 0 aliphatic heterocycles. The third kappa shape index (κ3) is 5.94. The van der Waals surface area contributed by atoms with Crippen molar-refractivity contribution < 1.29 is 0 Å². The van der Waals surface area contributed by atoms with Crippen molar-refractivity contribution in [2.75, 3.05) is 0 Å². The highest BCUT2D eigenvalue weighted by Crippen LogP contribution is 2.49. The molecule has 3 aromatic heterocycles. The maximum atomic E-state index is 5.31. The van der Waals surface area contributed by atoms with E-state index in [1.807, 2.05) is 30.3 Å². The lowest BCUT2D eigenvalue weighted by Crippen LogP contribution is -2.14. The number of aromatic nitrogens is 5. The van der Waals surface area contributed by atoms with Gasteiger partial charge in [-0.3, -0.25) is 0 Å². The third-order valence-corrected chi connectivity index (χ3v) is 13.1. The lowest BCUT2D eigenvalue weighted by Gasteiger charge is -2.22. The molecule has 0 unspecified atom stereocenters. The average molecular weight is 812 g/mol. The molecule has 1 aliphatic carbocycles. The van der Waals surface area contributed by atoms with E-state index in [1.165, 1.54) is 45.1 Å². The predicted molar refractivity (Wildman–Crippen MR) is 256 cm³/mol. The highest BCUT2D eigenvalue weighted by molar-refractivity contribution is 7.00. The Morgan fingerprint density at radius 3 is 1.82 bits per heavy atom. The van der Waals surface area contributed by atoms with Crippen molar-refractivity contribution in [3.05, 3.63) is 199 Å². The van der Waals surface area contributed by atoms with Crippen LogP contribution in [0.5, 0.6) is 0 Å². The summed E-state index contributed by atoms with van der Waals surface area (Å²) < 4.78 is 9.32. The molecule has 6 heteroatoms. The van der Waals surface area contributed by atoms with Gasteiger partial charge in [-0.15, -0.1) is 0 Å². The van der Waals surface area contributed by atoms with E-state index in [1.54, 1.807) is 0 Å². The topological polar surface area (TPSA) is 64.5 Å². The summed E-state index contributed by atoms with van der Waals surface area (Å²) >= 11 is 1.25. The third-order valence-electron chi connectivity index (χ3n) is 12.6. The maximum Gasteiger partial charge on any atom is 0.160 e. The summed E-state index contributed by atoms with van der Waals surface area (Å²) in [6, 6.07) is 66.6. The minimum absolute atomic E-state index is 0.0525. The molecule has 0 spiro atoms. The van der Waals surface area contributed by atoms with Crippen LogP contribution in [0.15, 0.2) is 188 Å². The monoisotopic (exact) mass is 811 g/mol. The second-order valence-corrected chi connectivity index (χ2v) is 17.1. The molecule has 12 rings (SSSR count). The van der Waals surface area contributed by atoms with Crippen LogP contribution in [0.1, 0.15) is 25.0 Å². The van der Waals surface area contributed by atoms with Crippen LogP contribution in [0.2, 0.25) is 0 Å². The molecule has 0 saturated heterocycles. The van der Waals surface area contributed by atoms with Gasteiger partial charge in [0.1, 0.15) is 11.0 Å². The number of benzene rings is 8. The second-order valence-electron chi connectivity index (χ2n) is 16.6. The summed E-state index contributed by atoms with van der Waals surface area (Å²) in [4.78, 5) is 15.6. The predicted octanol–water partition coefficient (Wildman–Crippen LogP) is 14.5. The quantitative estimate of drug-likeness (QED) is 0.157. The van der Waals surface area contributed by atoms with E-state index in [0.29, 0.717) is 5.82 Å². The Morgan fingerprint density at radius 1 is 0.387 bits per heavy atom. The smallest absolute Gasteiger partial charge is 0.160 e. The van der Waals surface area contributed by atoms with Crippen molar-refractivity contribution in [1.29, 1.82) is 0 Å². The number of nitrogens with zero attached hydrogens (tertiary/aromatic N) is 5. The Balaban J connectivity index is 0.935. The van der Waals surface area contributed by atoms with Crippen molar-refractivity contribution in [3.8, 4) is 78.5 Å². The van der Waals surface area contributed by atoms with Crippen LogP contribution >= 0.6 is 11.7 Å². The fourth-order valence-corrected chi connectivity index (χ4v) is 9.91. The van der Waals surface area contributed by atoms with Gasteiger partial charge in [0.05, 0.1) is 34.3 Å². The molecule has 5 nitrogen and oxygen atoms in total. The van der Waals surface area contributed by atoms with E-state index >= 15 is 0 Å². The lowest BCUT2D eigenvalue weighted by molar-refractivity contribution is 0.660. The van der Waals surface area contributed by atoms with E-state index in [2.05, 4.69) is 176 Å². The van der Waals surface area contributed by atoms with Gasteiger partial charge in [-0.1, -0.05) is 166 Å². The van der Waals surface area contributed by atoms with E-state index in [0.717, 1.165) is 83.2 Å². The Bertz CT molecular complexity index is 3540. The normalized spacial score (nSPS) is 12.8. The first-order valence-electron chi connectivity index (χ1n) is 20.9. The highest BCUT2D eigenvalue weighted by atomic mass is 32.1. The molecule has 0 radical (unpaired) electrons. The Hall–Kier alpha value is -7.67. The number of pyridine rings is 1. The molecule has 0 bridgehead atoms. The van der Waals surface area contributed by atoms with Crippen molar-refractivity contribution >= 4 is 44.4 Å². The van der Waals surface area contributed by atoms with Gasteiger partial charge < -0.3 is 0 Å². The van der Waals surface area contributed by atoms with Crippen LogP contribution in [0, 0.1) is 0 Å². The van der Waals surface area contributed by atoms with Crippen molar-refractivity contribution in [1.82, 2.24) is 23.7 Å². The summed E-state index contributed by atoms with van der Waals surface area (Å²) in [5.74, 6) is 0.686. The van der Waals surface area contributed by atoms with Crippen molar-refractivity contribution in [2.24, 2.45) is 0 Å². The molecule has 0 amide bonds. The minimum Gasteiger partial charge on any atom is -0.247 e. The number of rotatable bonds is 6. The van der Waals surface area contributed by atoms with Crippen LogP contribution in [-0.2, 0) is 5.41 Å². The van der Waals surface area contributed by atoms with Gasteiger partial charge in [0.2, 0.25) is 0 Å². The van der Waals surface area contributed by atoms with E-state index < -0.39 is 0 Å². The summed E-state index contributed by atoms with van der Waals surface area (Å²) in [5.41, 5.74) is 19.4. The fraction of sp³-hybridized carbons (Fsp3) is 0.0536. The van der Waals surface area contributed by atoms with Gasteiger partial charge >= 0.3 is 0 Å². The van der Waals surface area contributed by atoms with Crippen molar-refractivity contribution in [2.45, 2.75) is 19.3 Å². The number of fused-ring (bicyclic) bond motifs is 8. The van der Waals surface area contributed by atoms with Crippen LogP contribution in [0.3, 0.4) is 0 Å². The molecular formula is C56H37N5S. The summed E-state index contributed by atoms with van der Waals surface area (Å²) in [6.07, 6.45) is 0. The first-order chi connectivity index (χ1) is 30.5. The molecule has 0 atom stereocenters. The molecule has 3 heterocycles. The van der Waals surface area contributed by atoms with Gasteiger partial charge in [0, 0.05) is 43.8 Å². The zero-order valence-electron chi connectivity index (χ0n) is 34.0. The summed E-state index contributed by atoms with van der Waals surface area (Å²) in [5, 5.41) is 3.21. The highest BCUT2D eigenvalue weighted by Gasteiger charge is 2.35. The van der Waals surface area contributed by atoms with Crippen LogP contribution in [-0.4, -0.2) is 23.7 Å². The van der Waals surface area contributed by atoms with E-state index in [4.69, 9.17) is 19.3 Å². The molecule has 0 fully saturated rings. The van der Waals surface area contributed by atoms with E-state index in [9.17, 15) is 0 Å². The molecule has 1 aliphatic rings. The Labute approximate surface area is 363 Å². The lowest BCUT2D eigenvalue weighted by atomic mass is 9.81. The largest absolute Gasteiger partial charge is 0.247 e. The SMILES string of the molecule is CC1(C)c2ccccc2-c2ccc(-c3ccc(-c4cc(-c5cccc(-c6ccc7c(c6)nc(-c6ccccc6)c6ccc8nsnc8c67)c5)nc(-c5ccccc5)n4)cc3)cc21. The molecule has 0 saturated carbocycles. The molecule has 8 aromatic carbocycles. The van der Waals surface area contributed by atoms with Gasteiger partial charge in [-0.25, -0.2) is 15.0 Å². The molecular weight excluding hydrogens is 775 g/mol. The number of hydrogen-bond donors (Lipinski definition) is 0.